The van der Waals surface area contributed by atoms with E-state index in [4.69, 9.17) is 16.3 Å². The van der Waals surface area contributed by atoms with Crippen molar-refractivity contribution < 1.29 is 23.5 Å². The number of hydrogen-bond donors (Lipinski definition) is 1. The number of piperazine rings is 2. The van der Waals surface area contributed by atoms with Gasteiger partial charge in [-0.2, -0.15) is 0 Å². The first kappa shape index (κ1) is 22.3. The van der Waals surface area contributed by atoms with Crippen LogP contribution in [0.25, 0.3) is 0 Å². The second-order valence-electron chi connectivity index (χ2n) is 7.28. The van der Waals surface area contributed by atoms with E-state index in [0.717, 1.165) is 0 Å². The second-order valence-corrected chi connectivity index (χ2v) is 7.69. The van der Waals surface area contributed by atoms with Crippen LogP contribution in [0.2, 0.25) is 5.02 Å². The highest BCUT2D eigenvalue weighted by atomic mass is 35.5. The van der Waals surface area contributed by atoms with E-state index in [0.29, 0.717) is 63.0 Å². The molecule has 2 saturated heterocycles. The summed E-state index contributed by atoms with van der Waals surface area (Å²) in [4.78, 5) is 42.3. The summed E-state index contributed by atoms with van der Waals surface area (Å²) < 4.78 is 18.3. The molecule has 0 unspecified atom stereocenters. The molecule has 1 aromatic carbocycles. The lowest BCUT2D eigenvalue weighted by Crippen LogP contribution is -2.57. The van der Waals surface area contributed by atoms with Gasteiger partial charge in [-0.25, -0.2) is 9.18 Å². The SMILES string of the molecule is CCOC(=O)N1CCN(C(=O)C[C@H]2C(=O)NCCN2Cc2ccc(F)cc2Cl)CC1. The first-order chi connectivity index (χ1) is 14.4. The Hall–Kier alpha value is -2.39. The van der Waals surface area contributed by atoms with Gasteiger partial charge in [0.1, 0.15) is 5.82 Å². The molecule has 3 rings (SSSR count). The van der Waals surface area contributed by atoms with Crippen molar-refractivity contribution in [2.75, 3.05) is 45.9 Å². The van der Waals surface area contributed by atoms with Crippen molar-refractivity contribution in [2.24, 2.45) is 0 Å². The monoisotopic (exact) mass is 440 g/mol. The molecular weight excluding hydrogens is 415 g/mol. The molecule has 10 heteroatoms. The van der Waals surface area contributed by atoms with Gasteiger partial charge >= 0.3 is 6.09 Å². The number of carbonyl (C=O) groups excluding carboxylic acids is 3. The van der Waals surface area contributed by atoms with Gasteiger partial charge in [0.25, 0.3) is 0 Å². The molecule has 0 spiro atoms. The zero-order valence-corrected chi connectivity index (χ0v) is 17.7. The topological polar surface area (TPSA) is 82.2 Å². The average Bonchev–Trinajstić information content (AvgIpc) is 2.72. The first-order valence-corrected chi connectivity index (χ1v) is 10.4. The van der Waals surface area contributed by atoms with E-state index in [-0.39, 0.29) is 24.3 Å². The van der Waals surface area contributed by atoms with Crippen LogP contribution in [-0.4, -0.2) is 84.5 Å². The summed E-state index contributed by atoms with van der Waals surface area (Å²) in [6.07, 6.45) is -0.344. The molecule has 0 radical (unpaired) electrons. The highest BCUT2D eigenvalue weighted by Crippen LogP contribution is 2.22. The van der Waals surface area contributed by atoms with E-state index in [2.05, 4.69) is 5.32 Å². The number of halogens is 2. The van der Waals surface area contributed by atoms with E-state index < -0.39 is 11.9 Å². The van der Waals surface area contributed by atoms with Gasteiger partial charge < -0.3 is 19.9 Å². The molecular formula is C20H26ClFN4O4. The number of carbonyl (C=O) groups is 3. The van der Waals surface area contributed by atoms with Gasteiger partial charge in [0.15, 0.2) is 0 Å². The molecule has 1 aromatic rings. The summed E-state index contributed by atoms with van der Waals surface area (Å²) >= 11 is 6.14. The Morgan fingerprint density at radius 1 is 1.20 bits per heavy atom. The van der Waals surface area contributed by atoms with Gasteiger partial charge in [0.2, 0.25) is 11.8 Å². The molecule has 2 aliphatic rings. The van der Waals surface area contributed by atoms with E-state index >= 15 is 0 Å². The summed E-state index contributed by atoms with van der Waals surface area (Å²) in [5.74, 6) is -0.775. The third kappa shape index (κ3) is 5.40. The smallest absolute Gasteiger partial charge is 0.409 e. The minimum Gasteiger partial charge on any atom is -0.450 e. The number of rotatable bonds is 5. The summed E-state index contributed by atoms with van der Waals surface area (Å²) in [7, 11) is 0. The maximum atomic E-state index is 13.3. The largest absolute Gasteiger partial charge is 0.450 e. The molecule has 2 fully saturated rings. The van der Waals surface area contributed by atoms with Gasteiger partial charge in [0.05, 0.1) is 19.1 Å². The molecule has 3 amide bonds. The summed E-state index contributed by atoms with van der Waals surface area (Å²) in [6, 6.07) is 3.53. The zero-order valence-electron chi connectivity index (χ0n) is 16.9. The van der Waals surface area contributed by atoms with Crippen LogP contribution in [0.5, 0.6) is 0 Å². The van der Waals surface area contributed by atoms with Gasteiger partial charge in [-0.3, -0.25) is 14.5 Å². The number of nitrogens with one attached hydrogen (secondary N) is 1. The maximum Gasteiger partial charge on any atom is 0.409 e. The predicted molar refractivity (Wildman–Crippen MR) is 108 cm³/mol. The first-order valence-electron chi connectivity index (χ1n) is 10.0. The molecule has 0 aliphatic carbocycles. The van der Waals surface area contributed by atoms with Crippen molar-refractivity contribution in [3.8, 4) is 0 Å². The van der Waals surface area contributed by atoms with E-state index in [1.807, 2.05) is 4.90 Å². The van der Waals surface area contributed by atoms with Crippen molar-refractivity contribution in [3.63, 3.8) is 0 Å². The Morgan fingerprint density at radius 3 is 2.57 bits per heavy atom. The molecule has 0 aromatic heterocycles. The van der Waals surface area contributed by atoms with Crippen LogP contribution in [0, 0.1) is 5.82 Å². The Kier molecular flexibility index (Phi) is 7.49. The second kappa shape index (κ2) is 10.1. The minimum atomic E-state index is -0.629. The molecule has 2 heterocycles. The standard InChI is InChI=1S/C20H26ClFN4O4/c1-2-30-20(29)25-9-7-24(8-10-25)18(27)12-17-19(28)23-5-6-26(17)13-14-3-4-15(22)11-16(14)21/h3-4,11,17H,2,5-10,12-13H2,1H3,(H,23,28)/t17-/m0/s1. The van der Waals surface area contributed by atoms with Crippen LogP contribution in [0.15, 0.2) is 18.2 Å². The highest BCUT2D eigenvalue weighted by molar-refractivity contribution is 6.31. The van der Waals surface area contributed by atoms with Crippen molar-refractivity contribution >= 4 is 29.5 Å². The number of amides is 3. The van der Waals surface area contributed by atoms with Crippen LogP contribution in [-0.2, 0) is 20.9 Å². The normalized spacial score (nSPS) is 20.1. The van der Waals surface area contributed by atoms with Gasteiger partial charge in [-0.05, 0) is 24.6 Å². The quantitative estimate of drug-likeness (QED) is 0.749. The maximum absolute atomic E-state index is 13.3. The van der Waals surface area contributed by atoms with E-state index in [1.54, 1.807) is 22.8 Å². The minimum absolute atomic E-state index is 0.0318. The fourth-order valence-electron chi connectivity index (χ4n) is 3.69. The lowest BCUT2D eigenvalue weighted by Gasteiger charge is -2.38. The van der Waals surface area contributed by atoms with Crippen LogP contribution in [0.3, 0.4) is 0 Å². The predicted octanol–water partition coefficient (Wildman–Crippen LogP) is 1.47. The van der Waals surface area contributed by atoms with Gasteiger partial charge in [-0.1, -0.05) is 17.7 Å². The lowest BCUT2D eigenvalue weighted by molar-refractivity contribution is -0.140. The Labute approximate surface area is 179 Å². The van der Waals surface area contributed by atoms with Crippen molar-refractivity contribution in [2.45, 2.75) is 25.9 Å². The summed E-state index contributed by atoms with van der Waals surface area (Å²) in [6.45, 7) is 5.04. The molecule has 164 valence electrons. The van der Waals surface area contributed by atoms with Crippen molar-refractivity contribution in [1.82, 2.24) is 20.0 Å². The van der Waals surface area contributed by atoms with Gasteiger partial charge in [0, 0.05) is 50.8 Å². The van der Waals surface area contributed by atoms with E-state index in [1.165, 1.54) is 12.1 Å². The van der Waals surface area contributed by atoms with Crippen molar-refractivity contribution in [1.29, 1.82) is 0 Å². The molecule has 0 saturated carbocycles. The average molecular weight is 441 g/mol. The van der Waals surface area contributed by atoms with Crippen LogP contribution in [0.4, 0.5) is 9.18 Å². The fraction of sp³-hybridized carbons (Fsp3) is 0.550. The molecule has 1 atom stereocenters. The lowest BCUT2D eigenvalue weighted by atomic mass is 10.1. The number of nitrogens with zero attached hydrogens (tertiary/aromatic N) is 3. The number of benzene rings is 1. The number of hydrogen-bond acceptors (Lipinski definition) is 5. The summed E-state index contributed by atoms with van der Waals surface area (Å²) in [5.41, 5.74) is 0.702. The molecule has 1 N–H and O–H groups in total. The molecule has 8 nitrogen and oxygen atoms in total. The Morgan fingerprint density at radius 2 is 1.90 bits per heavy atom. The zero-order chi connectivity index (χ0) is 21.7. The third-order valence-electron chi connectivity index (χ3n) is 5.36. The fourth-order valence-corrected chi connectivity index (χ4v) is 3.92. The molecule has 2 aliphatic heterocycles. The summed E-state index contributed by atoms with van der Waals surface area (Å²) in [5, 5.41) is 3.09. The van der Waals surface area contributed by atoms with E-state index in [9.17, 15) is 18.8 Å². The molecule has 0 bridgehead atoms. The van der Waals surface area contributed by atoms with Crippen LogP contribution in [0.1, 0.15) is 18.9 Å². The molecule has 30 heavy (non-hydrogen) atoms. The number of ether oxygens (including phenoxy) is 1. The van der Waals surface area contributed by atoms with Crippen LogP contribution < -0.4 is 5.32 Å². The van der Waals surface area contributed by atoms with Gasteiger partial charge in [-0.15, -0.1) is 0 Å². The Balaban J connectivity index is 1.60. The third-order valence-corrected chi connectivity index (χ3v) is 5.71. The Bertz CT molecular complexity index is 801. The van der Waals surface area contributed by atoms with Crippen LogP contribution >= 0.6 is 11.6 Å². The highest BCUT2D eigenvalue weighted by Gasteiger charge is 2.34. The van der Waals surface area contributed by atoms with Crippen molar-refractivity contribution in [3.05, 3.63) is 34.6 Å².